The summed E-state index contributed by atoms with van der Waals surface area (Å²) in [6.45, 7) is 0.877. The monoisotopic (exact) mass is 512 g/mol. The molecule has 1 aromatic heterocycles. The minimum Gasteiger partial charge on any atom is -0.371 e. The van der Waals surface area contributed by atoms with E-state index in [2.05, 4.69) is 4.98 Å². The van der Waals surface area contributed by atoms with Gasteiger partial charge in [0, 0.05) is 23.0 Å². The lowest BCUT2D eigenvalue weighted by atomic mass is 10.2. The molecule has 0 spiro atoms. The fourth-order valence-corrected chi connectivity index (χ4v) is 5.06. The van der Waals surface area contributed by atoms with Crippen molar-refractivity contribution in [3.8, 4) is 0 Å². The predicted molar refractivity (Wildman–Crippen MR) is 119 cm³/mol. The zero-order chi connectivity index (χ0) is 21.0. The highest BCUT2D eigenvalue weighted by atomic mass is 35.5. The van der Waals surface area contributed by atoms with Crippen LogP contribution in [-0.2, 0) is 17.9 Å². The van der Waals surface area contributed by atoms with Gasteiger partial charge >= 0.3 is 0 Å². The van der Waals surface area contributed by atoms with Gasteiger partial charge in [0.15, 0.2) is 0 Å². The highest BCUT2D eigenvalue weighted by molar-refractivity contribution is 7.99. The Bertz CT molecular complexity index is 941. The van der Waals surface area contributed by atoms with Crippen LogP contribution in [0.5, 0.6) is 0 Å². The molecule has 0 aliphatic carbocycles. The Labute approximate surface area is 197 Å². The van der Waals surface area contributed by atoms with Crippen LogP contribution in [0.4, 0.5) is 4.39 Å². The van der Waals surface area contributed by atoms with Gasteiger partial charge in [-0.3, -0.25) is 0 Å². The Hall–Kier alpha value is -0.660. The molecule has 3 nitrogen and oxygen atoms in total. The largest absolute Gasteiger partial charge is 0.371 e. The summed E-state index contributed by atoms with van der Waals surface area (Å²) in [5, 5.41) is 0.925. The molecule has 2 aromatic carbocycles. The van der Waals surface area contributed by atoms with Crippen molar-refractivity contribution in [2.45, 2.75) is 24.2 Å². The van der Waals surface area contributed by atoms with Crippen molar-refractivity contribution in [2.24, 2.45) is 0 Å². The van der Waals surface area contributed by atoms with Crippen LogP contribution >= 0.6 is 69.8 Å². The Morgan fingerprint density at radius 3 is 2.17 bits per heavy atom. The summed E-state index contributed by atoms with van der Waals surface area (Å²) < 4.78 is 21.1. The van der Waals surface area contributed by atoms with Crippen LogP contribution in [0.25, 0.3) is 0 Å². The van der Waals surface area contributed by atoms with Crippen LogP contribution in [0.2, 0.25) is 25.1 Å². The molecule has 1 heterocycles. The molecule has 3 rings (SSSR count). The molecular weight excluding hydrogens is 501 g/mol. The average molecular weight is 515 g/mol. The number of imidazole rings is 1. The second-order valence-electron chi connectivity index (χ2n) is 6.03. The summed E-state index contributed by atoms with van der Waals surface area (Å²) in [6, 6.07) is 6.16. The summed E-state index contributed by atoms with van der Waals surface area (Å²) in [6.07, 6.45) is 5.01. The summed E-state index contributed by atoms with van der Waals surface area (Å²) in [5.41, 5.74) is 0.862. The van der Waals surface area contributed by atoms with Crippen molar-refractivity contribution < 1.29 is 9.13 Å². The molecule has 1 unspecified atom stereocenters. The van der Waals surface area contributed by atoms with Crippen LogP contribution in [-0.4, -0.2) is 21.4 Å². The number of halogens is 6. The summed E-state index contributed by atoms with van der Waals surface area (Å²) in [7, 11) is 0. The Kier molecular flexibility index (Phi) is 8.40. The van der Waals surface area contributed by atoms with E-state index >= 15 is 0 Å². The highest BCUT2D eigenvalue weighted by Crippen LogP contribution is 2.48. The van der Waals surface area contributed by atoms with Crippen LogP contribution in [0.1, 0.15) is 5.56 Å². The van der Waals surface area contributed by atoms with Crippen molar-refractivity contribution >= 4 is 69.8 Å². The van der Waals surface area contributed by atoms with E-state index in [-0.39, 0.29) is 37.0 Å². The topological polar surface area (TPSA) is 27.1 Å². The highest BCUT2D eigenvalue weighted by Gasteiger charge is 2.21. The van der Waals surface area contributed by atoms with Gasteiger partial charge < -0.3 is 9.30 Å². The van der Waals surface area contributed by atoms with Crippen LogP contribution in [0.3, 0.4) is 0 Å². The van der Waals surface area contributed by atoms with E-state index in [1.54, 1.807) is 24.7 Å². The zero-order valence-electron chi connectivity index (χ0n) is 14.7. The van der Waals surface area contributed by atoms with Gasteiger partial charge in [-0.15, -0.1) is 11.8 Å². The Morgan fingerprint density at radius 2 is 1.59 bits per heavy atom. The van der Waals surface area contributed by atoms with E-state index in [1.165, 1.54) is 23.9 Å². The van der Waals surface area contributed by atoms with Crippen molar-refractivity contribution in [3.63, 3.8) is 0 Å². The second kappa shape index (κ2) is 10.6. The molecule has 0 fully saturated rings. The standard InChI is InChI=1S/C19H14Cl5FN2OS/c20-14-15(21)17(23)19(18(24)16(14)22)29-9-13(7-27-6-5-26-10-27)28-8-11-1-3-12(25)4-2-11/h1-6,10,13H,7-9H2. The number of nitrogens with zero attached hydrogens (tertiary/aromatic N) is 2. The van der Waals surface area contributed by atoms with Crippen molar-refractivity contribution in [3.05, 3.63) is 79.5 Å². The third-order valence-electron chi connectivity index (χ3n) is 3.96. The van der Waals surface area contributed by atoms with Gasteiger partial charge in [-0.05, 0) is 17.7 Å². The molecule has 1 atom stereocenters. The number of ether oxygens (including phenoxy) is 1. The van der Waals surface area contributed by atoms with Gasteiger partial charge in [-0.25, -0.2) is 9.37 Å². The zero-order valence-corrected chi connectivity index (χ0v) is 19.3. The number of aromatic nitrogens is 2. The van der Waals surface area contributed by atoms with E-state index in [0.29, 0.717) is 23.8 Å². The lowest BCUT2D eigenvalue weighted by molar-refractivity contribution is 0.0450. The molecule has 0 aliphatic heterocycles. The smallest absolute Gasteiger partial charge is 0.123 e. The number of benzene rings is 2. The first-order chi connectivity index (χ1) is 13.9. The second-order valence-corrected chi connectivity index (χ2v) is 8.95. The molecule has 0 saturated carbocycles. The van der Waals surface area contributed by atoms with Crippen molar-refractivity contribution in [1.82, 2.24) is 9.55 Å². The Morgan fingerprint density at radius 1 is 0.966 bits per heavy atom. The SMILES string of the molecule is Fc1ccc(COC(CSc2c(Cl)c(Cl)c(Cl)c(Cl)c2Cl)Cn2ccnc2)cc1. The van der Waals surface area contributed by atoms with Gasteiger partial charge in [0.05, 0.1) is 50.7 Å². The van der Waals surface area contributed by atoms with E-state index in [4.69, 9.17) is 62.7 Å². The van der Waals surface area contributed by atoms with E-state index in [9.17, 15) is 4.39 Å². The molecule has 0 bridgehead atoms. The summed E-state index contributed by atoms with van der Waals surface area (Å²) in [5.74, 6) is 0.215. The third-order valence-corrected chi connectivity index (χ3v) is 7.69. The lowest BCUT2D eigenvalue weighted by Crippen LogP contribution is -2.22. The molecule has 0 N–H and O–H groups in total. The van der Waals surface area contributed by atoms with Gasteiger partial charge in [0.2, 0.25) is 0 Å². The number of hydrogen-bond acceptors (Lipinski definition) is 3. The molecule has 3 aromatic rings. The number of hydrogen-bond donors (Lipinski definition) is 0. The minimum atomic E-state index is -0.292. The maximum atomic E-state index is 13.1. The summed E-state index contributed by atoms with van der Waals surface area (Å²) >= 11 is 32.3. The fourth-order valence-electron chi connectivity index (χ4n) is 2.47. The first-order valence-corrected chi connectivity index (χ1v) is 11.2. The van der Waals surface area contributed by atoms with Gasteiger partial charge in [-0.1, -0.05) is 70.1 Å². The Balaban J connectivity index is 1.74. The average Bonchev–Trinajstić information content (AvgIpc) is 3.23. The molecule has 0 radical (unpaired) electrons. The first-order valence-electron chi connectivity index (χ1n) is 8.32. The maximum absolute atomic E-state index is 13.1. The number of rotatable bonds is 8. The molecule has 154 valence electrons. The molecule has 29 heavy (non-hydrogen) atoms. The lowest BCUT2D eigenvalue weighted by Gasteiger charge is -2.20. The van der Waals surface area contributed by atoms with Crippen LogP contribution in [0, 0.1) is 5.82 Å². The molecule has 0 amide bonds. The van der Waals surface area contributed by atoms with Crippen LogP contribution in [0.15, 0.2) is 47.9 Å². The molecular formula is C19H14Cl5FN2OS. The number of thioether (sulfide) groups is 1. The quantitative estimate of drug-likeness (QED) is 0.175. The van der Waals surface area contributed by atoms with Gasteiger partial charge in [0.1, 0.15) is 5.82 Å². The third kappa shape index (κ3) is 5.95. The minimum absolute atomic E-state index is 0.121. The predicted octanol–water partition coefficient (Wildman–Crippen LogP) is 7.67. The van der Waals surface area contributed by atoms with Crippen LogP contribution < -0.4 is 0 Å². The van der Waals surface area contributed by atoms with Crippen molar-refractivity contribution in [2.75, 3.05) is 5.75 Å². The van der Waals surface area contributed by atoms with E-state index in [1.807, 2.05) is 10.8 Å². The van der Waals surface area contributed by atoms with Gasteiger partial charge in [0.25, 0.3) is 0 Å². The van der Waals surface area contributed by atoms with Gasteiger partial charge in [-0.2, -0.15) is 0 Å². The molecule has 10 heteroatoms. The van der Waals surface area contributed by atoms with E-state index in [0.717, 1.165) is 5.56 Å². The summed E-state index contributed by atoms with van der Waals surface area (Å²) in [4.78, 5) is 4.59. The van der Waals surface area contributed by atoms with E-state index < -0.39 is 0 Å². The normalized spacial score (nSPS) is 12.3. The first kappa shape index (κ1) is 23.0. The maximum Gasteiger partial charge on any atom is 0.123 e. The molecule has 0 saturated heterocycles. The van der Waals surface area contributed by atoms with Crippen molar-refractivity contribution in [1.29, 1.82) is 0 Å². The fraction of sp³-hybridized carbons (Fsp3) is 0.211. The molecule has 0 aliphatic rings.